The molecular weight excluding hydrogens is 399 g/mol. The maximum atomic E-state index is 12.2. The third kappa shape index (κ3) is 4.57. The molecule has 0 atom stereocenters. The summed E-state index contributed by atoms with van der Waals surface area (Å²) in [5, 5.41) is 6.69. The van der Waals surface area contributed by atoms with Crippen molar-refractivity contribution in [2.45, 2.75) is 13.8 Å². The highest BCUT2D eigenvalue weighted by Crippen LogP contribution is 2.26. The molecule has 21 heavy (non-hydrogen) atoms. The Morgan fingerprint density at radius 1 is 1.48 bits per heavy atom. The third-order valence-corrected chi connectivity index (χ3v) is 4.30. The summed E-state index contributed by atoms with van der Waals surface area (Å²) in [5.74, 6) is 0.526. The van der Waals surface area contributed by atoms with Crippen molar-refractivity contribution in [2.24, 2.45) is 5.92 Å². The maximum absolute atomic E-state index is 12.2. The highest BCUT2D eigenvalue weighted by Gasteiger charge is 2.16. The smallest absolute Gasteiger partial charge is 0.269 e. The number of benzene rings is 1. The number of nitrogens with one attached hydrogen (secondary N) is 2. The van der Waals surface area contributed by atoms with Gasteiger partial charge in [-0.25, -0.2) is 4.98 Å². The summed E-state index contributed by atoms with van der Waals surface area (Å²) in [5.41, 5.74) is 6.58. The molecule has 0 radical (unpaired) electrons. The van der Waals surface area contributed by atoms with Crippen molar-refractivity contribution in [1.29, 1.82) is 0 Å². The first kappa shape index (κ1) is 16.0. The van der Waals surface area contributed by atoms with E-state index in [1.165, 1.54) is 11.3 Å². The molecule has 0 saturated heterocycles. The topological polar surface area (TPSA) is 80.0 Å². The Kier molecular flexibility index (Phi) is 5.40. The molecule has 0 aliphatic rings. The molecule has 1 heterocycles. The van der Waals surface area contributed by atoms with E-state index < -0.39 is 0 Å². The monoisotopic (exact) mass is 416 g/mol. The number of nitrogens with zero attached hydrogens (tertiary/aromatic N) is 1. The molecule has 1 amide bonds. The molecular formula is C14H17IN4OS. The number of rotatable bonds is 5. The standard InChI is InChI=1S/C14H17IN4OS/c1-8(2)7-17-14-19-12(16)11(21-14)13(20)18-10-5-3-4-9(15)6-10/h3-6,8H,7,16H2,1-2H3,(H,17,19)(H,18,20). The molecule has 1 aromatic heterocycles. The quantitative estimate of drug-likeness (QED) is 0.651. The third-order valence-electron chi connectivity index (χ3n) is 2.60. The van der Waals surface area contributed by atoms with Gasteiger partial charge in [0, 0.05) is 15.8 Å². The molecule has 2 aromatic rings. The van der Waals surface area contributed by atoms with E-state index in [0.29, 0.717) is 15.9 Å². The maximum Gasteiger partial charge on any atom is 0.269 e. The lowest BCUT2D eigenvalue weighted by atomic mass is 10.2. The number of carbonyl (C=O) groups is 1. The Morgan fingerprint density at radius 3 is 2.90 bits per heavy atom. The molecule has 0 aliphatic heterocycles. The Bertz CT molecular complexity index is 642. The molecule has 1 aromatic carbocycles. The van der Waals surface area contributed by atoms with Crippen LogP contribution in [0.4, 0.5) is 16.6 Å². The number of hydrogen-bond donors (Lipinski definition) is 3. The molecule has 0 unspecified atom stereocenters. The Morgan fingerprint density at radius 2 is 2.24 bits per heavy atom. The molecule has 0 saturated carbocycles. The first-order valence-electron chi connectivity index (χ1n) is 6.53. The largest absolute Gasteiger partial charge is 0.382 e. The van der Waals surface area contributed by atoms with Crippen LogP contribution >= 0.6 is 33.9 Å². The van der Waals surface area contributed by atoms with Gasteiger partial charge in [-0.15, -0.1) is 0 Å². The van der Waals surface area contributed by atoms with Gasteiger partial charge in [0.15, 0.2) is 5.13 Å². The minimum atomic E-state index is -0.232. The second kappa shape index (κ2) is 7.08. The first-order chi connectivity index (χ1) is 9.95. The number of anilines is 3. The summed E-state index contributed by atoms with van der Waals surface area (Å²) in [6, 6.07) is 7.59. The SMILES string of the molecule is CC(C)CNc1nc(N)c(C(=O)Nc2cccc(I)c2)s1. The van der Waals surface area contributed by atoms with Gasteiger partial charge in [0.25, 0.3) is 5.91 Å². The number of carbonyl (C=O) groups excluding carboxylic acids is 1. The van der Waals surface area contributed by atoms with Gasteiger partial charge < -0.3 is 16.4 Å². The van der Waals surface area contributed by atoms with E-state index in [4.69, 9.17) is 5.73 Å². The second-order valence-corrected chi connectivity index (χ2v) is 7.22. The molecule has 2 rings (SSSR count). The van der Waals surface area contributed by atoms with E-state index in [2.05, 4.69) is 52.1 Å². The molecule has 112 valence electrons. The van der Waals surface area contributed by atoms with Crippen molar-refractivity contribution in [3.8, 4) is 0 Å². The number of nitrogen functional groups attached to an aromatic ring is 1. The van der Waals surface area contributed by atoms with Crippen molar-refractivity contribution in [2.75, 3.05) is 22.9 Å². The van der Waals surface area contributed by atoms with Gasteiger partial charge in [0.05, 0.1) is 0 Å². The van der Waals surface area contributed by atoms with Gasteiger partial charge in [-0.1, -0.05) is 31.3 Å². The van der Waals surface area contributed by atoms with Crippen LogP contribution in [0.15, 0.2) is 24.3 Å². The van der Waals surface area contributed by atoms with Crippen molar-refractivity contribution in [1.82, 2.24) is 4.98 Å². The number of halogens is 1. The summed E-state index contributed by atoms with van der Waals surface area (Å²) < 4.78 is 1.06. The van der Waals surface area contributed by atoms with Crippen molar-refractivity contribution in [3.63, 3.8) is 0 Å². The predicted octanol–water partition coefficient (Wildman–Crippen LogP) is 3.65. The Labute approximate surface area is 141 Å². The lowest BCUT2D eigenvalue weighted by Gasteiger charge is -2.04. The zero-order valence-electron chi connectivity index (χ0n) is 11.8. The van der Waals surface area contributed by atoms with E-state index in [9.17, 15) is 4.79 Å². The lowest BCUT2D eigenvalue weighted by Crippen LogP contribution is -2.12. The van der Waals surface area contributed by atoms with E-state index in [1.807, 2.05) is 24.3 Å². The van der Waals surface area contributed by atoms with Crippen LogP contribution in [0.2, 0.25) is 0 Å². The van der Waals surface area contributed by atoms with E-state index in [-0.39, 0.29) is 11.7 Å². The van der Waals surface area contributed by atoms with Crippen LogP contribution in [0, 0.1) is 9.49 Å². The van der Waals surface area contributed by atoms with Crippen LogP contribution in [0.3, 0.4) is 0 Å². The van der Waals surface area contributed by atoms with Gasteiger partial charge >= 0.3 is 0 Å². The van der Waals surface area contributed by atoms with Crippen LogP contribution in [0.1, 0.15) is 23.5 Å². The van der Waals surface area contributed by atoms with Gasteiger partial charge in [-0.05, 0) is 46.7 Å². The van der Waals surface area contributed by atoms with Crippen LogP contribution < -0.4 is 16.4 Å². The fourth-order valence-electron chi connectivity index (χ4n) is 1.62. The number of aromatic nitrogens is 1. The number of hydrogen-bond acceptors (Lipinski definition) is 5. The molecule has 0 bridgehead atoms. The lowest BCUT2D eigenvalue weighted by molar-refractivity contribution is 0.103. The van der Waals surface area contributed by atoms with Crippen LogP contribution in [0.25, 0.3) is 0 Å². The summed E-state index contributed by atoms with van der Waals surface area (Å²) in [6.07, 6.45) is 0. The first-order valence-corrected chi connectivity index (χ1v) is 8.42. The molecule has 0 aliphatic carbocycles. The molecule has 0 spiro atoms. The Balaban J connectivity index is 2.08. The van der Waals surface area contributed by atoms with Crippen molar-refractivity contribution in [3.05, 3.63) is 32.7 Å². The molecule has 0 fully saturated rings. The molecule has 5 nitrogen and oxygen atoms in total. The average molecular weight is 416 g/mol. The van der Waals surface area contributed by atoms with Crippen LogP contribution in [0.5, 0.6) is 0 Å². The summed E-state index contributed by atoms with van der Waals surface area (Å²) in [7, 11) is 0. The minimum Gasteiger partial charge on any atom is -0.382 e. The second-order valence-electron chi connectivity index (χ2n) is 4.97. The van der Waals surface area contributed by atoms with E-state index >= 15 is 0 Å². The number of nitrogens with two attached hydrogens (primary N) is 1. The zero-order valence-corrected chi connectivity index (χ0v) is 14.8. The van der Waals surface area contributed by atoms with Gasteiger partial charge in [0.1, 0.15) is 10.7 Å². The van der Waals surface area contributed by atoms with Gasteiger partial charge in [-0.3, -0.25) is 4.79 Å². The fourth-order valence-corrected chi connectivity index (χ4v) is 2.95. The normalized spacial score (nSPS) is 10.7. The Hall–Kier alpha value is -1.35. The highest BCUT2D eigenvalue weighted by molar-refractivity contribution is 14.1. The summed E-state index contributed by atoms with van der Waals surface area (Å²) >= 11 is 3.47. The predicted molar refractivity (Wildman–Crippen MR) is 97.0 cm³/mol. The van der Waals surface area contributed by atoms with Gasteiger partial charge in [0.2, 0.25) is 0 Å². The van der Waals surface area contributed by atoms with Crippen LogP contribution in [-0.4, -0.2) is 17.4 Å². The number of thiazole rings is 1. The summed E-state index contributed by atoms with van der Waals surface area (Å²) in [4.78, 5) is 16.9. The average Bonchev–Trinajstić information content (AvgIpc) is 2.78. The molecule has 4 N–H and O–H groups in total. The fraction of sp³-hybridized carbons (Fsp3) is 0.286. The van der Waals surface area contributed by atoms with Crippen LogP contribution in [-0.2, 0) is 0 Å². The zero-order chi connectivity index (χ0) is 15.4. The number of amides is 1. The minimum absolute atomic E-state index is 0.232. The van der Waals surface area contributed by atoms with Gasteiger partial charge in [-0.2, -0.15) is 0 Å². The highest BCUT2D eigenvalue weighted by atomic mass is 127. The van der Waals surface area contributed by atoms with E-state index in [1.54, 1.807) is 0 Å². The van der Waals surface area contributed by atoms with Crippen molar-refractivity contribution >= 4 is 56.5 Å². The van der Waals surface area contributed by atoms with Crippen molar-refractivity contribution < 1.29 is 4.79 Å². The van der Waals surface area contributed by atoms with E-state index in [0.717, 1.165) is 15.8 Å². The summed E-state index contributed by atoms with van der Waals surface area (Å²) in [6.45, 7) is 5.01. The molecule has 7 heteroatoms.